The van der Waals surface area contributed by atoms with E-state index in [0.717, 1.165) is 0 Å². The van der Waals surface area contributed by atoms with Crippen molar-refractivity contribution in [3.05, 3.63) is 0 Å². The third-order valence-electron chi connectivity index (χ3n) is 5.96. The highest BCUT2D eigenvalue weighted by Gasteiger charge is 2.52. The minimum atomic E-state index is -5.32. The summed E-state index contributed by atoms with van der Waals surface area (Å²) in [6.07, 6.45) is -13.1. The fraction of sp³-hybridized carbons (Fsp3) is 1.00. The van der Waals surface area contributed by atoms with Crippen molar-refractivity contribution < 1.29 is 102 Å². The summed E-state index contributed by atoms with van der Waals surface area (Å²) in [6.45, 7) is 1.68. The van der Waals surface area contributed by atoms with Crippen molar-refractivity contribution in [1.82, 2.24) is 0 Å². The molecule has 0 bridgehead atoms. The first-order valence-electron chi connectivity index (χ1n) is 11.3. The van der Waals surface area contributed by atoms with Crippen LogP contribution in [0.1, 0.15) is 20.8 Å². The molecule has 256 valence electrons. The smallest absolute Gasteiger partial charge is 0.367 e. The van der Waals surface area contributed by atoms with Gasteiger partial charge in [-0.1, -0.05) is 18.9 Å². The molecule has 0 spiro atoms. The first-order valence-corrected chi connectivity index (χ1v) is 17.5. The van der Waals surface area contributed by atoms with Gasteiger partial charge in [-0.05, 0) is 6.92 Å². The summed E-state index contributed by atoms with van der Waals surface area (Å²) in [5.74, 6) is -2.56. The molecule has 2 saturated heterocycles. The van der Waals surface area contributed by atoms with Gasteiger partial charge in [-0.2, -0.15) is 33.7 Å². The van der Waals surface area contributed by atoms with Crippen LogP contribution >= 0.6 is 12.3 Å². The highest BCUT2D eigenvalue weighted by molar-refractivity contribution is 7.89. The zero-order chi connectivity index (χ0) is 33.0. The molecule has 0 radical (unpaired) electrons. The second-order valence-corrected chi connectivity index (χ2v) is 13.7. The van der Waals surface area contributed by atoms with Crippen molar-refractivity contribution in [3.8, 4) is 0 Å². The van der Waals surface area contributed by atoms with Crippen molar-refractivity contribution in [3.63, 3.8) is 0 Å². The van der Waals surface area contributed by atoms with Crippen molar-refractivity contribution in [2.75, 3.05) is 13.2 Å². The molecule has 23 nitrogen and oxygen atoms in total. The Morgan fingerprint density at radius 2 is 1.12 bits per heavy atom. The summed E-state index contributed by atoms with van der Waals surface area (Å²) in [6, 6.07) is 0. The van der Waals surface area contributed by atoms with Crippen LogP contribution in [0.3, 0.4) is 0 Å². The van der Waals surface area contributed by atoms with Crippen LogP contribution in [-0.2, 0) is 86.1 Å². The molecule has 2 aliphatic rings. The van der Waals surface area contributed by atoms with Gasteiger partial charge in [0.15, 0.2) is 18.6 Å². The lowest BCUT2D eigenvalue weighted by molar-refractivity contribution is -0.435. The first kappa shape index (κ1) is 38.7. The molecule has 0 saturated carbocycles. The summed E-state index contributed by atoms with van der Waals surface area (Å²) < 4.78 is 172. The van der Waals surface area contributed by atoms with Crippen LogP contribution in [0.4, 0.5) is 0 Å². The third kappa shape index (κ3) is 13.1. The van der Waals surface area contributed by atoms with E-state index >= 15 is 0 Å². The summed E-state index contributed by atoms with van der Waals surface area (Å²) in [5.41, 5.74) is 0. The van der Waals surface area contributed by atoms with E-state index in [1.54, 1.807) is 0 Å². The largest absolute Gasteiger partial charge is 0.397 e. The summed E-state index contributed by atoms with van der Waals surface area (Å²) in [4.78, 5) is 0. The maximum Gasteiger partial charge on any atom is 0.397 e. The van der Waals surface area contributed by atoms with Crippen LogP contribution in [0.25, 0.3) is 0 Å². The second-order valence-electron chi connectivity index (χ2n) is 8.91. The normalized spacial score (nSPS) is 34.7. The van der Waals surface area contributed by atoms with Gasteiger partial charge in [-0.3, -0.25) is 22.4 Å². The van der Waals surface area contributed by atoms with Crippen molar-refractivity contribution >= 4 is 53.9 Å². The van der Waals surface area contributed by atoms with E-state index in [1.807, 2.05) is 0 Å². The van der Waals surface area contributed by atoms with E-state index in [-0.39, 0.29) is 12.3 Å². The van der Waals surface area contributed by atoms with Crippen LogP contribution in [0, 0.1) is 11.8 Å². The van der Waals surface area contributed by atoms with Crippen LogP contribution < -0.4 is 0 Å². The van der Waals surface area contributed by atoms with E-state index in [4.69, 9.17) is 32.8 Å². The Kier molecular flexibility index (Phi) is 13.9. The Bertz CT molecular complexity index is 1330. The van der Waals surface area contributed by atoms with E-state index < -0.39 is 116 Å². The van der Waals surface area contributed by atoms with E-state index in [9.17, 15) is 42.8 Å². The highest BCUT2D eigenvalue weighted by Crippen LogP contribution is 2.38. The van der Waals surface area contributed by atoms with Gasteiger partial charge in [0.1, 0.15) is 30.5 Å². The second kappa shape index (κ2) is 15.4. The number of hydrogen-bond acceptors (Lipinski definition) is 20. The SMILES string of the molecule is C[C@@H]1OC(COS(=O)(=O)O)[C@H](O[C@@H]2OC(COS(=O)(=O)O)[C@H](OSOOO)[C@H](C)C2OS(=O)(=O)O)[C@H](C)C1OS(=O)(=O)O. The molecule has 4 unspecified atom stereocenters. The van der Waals surface area contributed by atoms with Gasteiger partial charge in [0, 0.05) is 11.8 Å². The average molecular weight is 737 g/mol. The van der Waals surface area contributed by atoms with Gasteiger partial charge in [-0.25, -0.2) is 22.0 Å². The Morgan fingerprint density at radius 3 is 1.58 bits per heavy atom. The molecule has 0 amide bonds. The Labute approximate surface area is 250 Å². The quantitative estimate of drug-likeness (QED) is 0.0397. The molecule has 2 rings (SSSR count). The highest BCUT2D eigenvalue weighted by atomic mass is 32.3. The predicted molar refractivity (Wildman–Crippen MR) is 131 cm³/mol. The molecule has 5 N–H and O–H groups in total. The molecule has 28 heteroatoms. The fourth-order valence-electron chi connectivity index (χ4n) is 4.34. The molecule has 2 aliphatic heterocycles. The van der Waals surface area contributed by atoms with Gasteiger partial charge in [0.05, 0.1) is 25.4 Å². The van der Waals surface area contributed by atoms with E-state index in [0.29, 0.717) is 0 Å². The fourth-order valence-corrected chi connectivity index (χ4v) is 6.56. The number of ether oxygens (including phenoxy) is 3. The Hall–Kier alpha value is -0.450. The molecule has 10 atom stereocenters. The molecule has 2 heterocycles. The molecule has 43 heavy (non-hydrogen) atoms. The number of hydrogen-bond donors (Lipinski definition) is 5. The van der Waals surface area contributed by atoms with Gasteiger partial charge in [0.25, 0.3) is 0 Å². The molecule has 0 aliphatic carbocycles. The van der Waals surface area contributed by atoms with E-state index in [1.165, 1.54) is 20.8 Å². The van der Waals surface area contributed by atoms with E-state index in [2.05, 4.69) is 26.1 Å². The van der Waals surface area contributed by atoms with Gasteiger partial charge in [-0.15, -0.1) is 4.33 Å². The van der Waals surface area contributed by atoms with Crippen molar-refractivity contribution in [2.24, 2.45) is 11.8 Å². The lowest BCUT2D eigenvalue weighted by Crippen LogP contribution is -2.61. The molecule has 0 aromatic rings. The molecular weight excluding hydrogens is 708 g/mol. The predicted octanol–water partition coefficient (Wildman–Crippen LogP) is -1.46. The lowest BCUT2D eigenvalue weighted by atomic mass is 9.87. The minimum absolute atomic E-state index is 0.0693. The van der Waals surface area contributed by atoms with Crippen molar-refractivity contribution in [1.29, 1.82) is 0 Å². The summed E-state index contributed by atoms with van der Waals surface area (Å²) in [5, 5.41) is 11.7. The standard InChI is InChI=1S/C15H28O23S5/c1-6-11(35-42(23,24)25)8(3)31-9(4-29-40(17,18)19)12(6)33-15-14(36-43(26,27)28)7(2)13(34-39-38-37-16)10(32-15)5-30-41(20,21)22/h6-16H,4-5H2,1-3H3,(H,17,18,19)(H,20,21,22)(H,23,24,25)(H,26,27,28)/t6-,7+,8+,9?,10?,11?,12-,13-,14?,15+/m1/s1. The van der Waals surface area contributed by atoms with Crippen LogP contribution in [0.5, 0.6) is 0 Å². The van der Waals surface area contributed by atoms with Crippen LogP contribution in [0.15, 0.2) is 0 Å². The Balaban J connectivity index is 2.52. The summed E-state index contributed by atoms with van der Waals surface area (Å²) in [7, 11) is -20.6. The molecule has 0 aromatic heterocycles. The van der Waals surface area contributed by atoms with Gasteiger partial charge in [0.2, 0.25) is 0 Å². The zero-order valence-corrected chi connectivity index (χ0v) is 25.9. The topological polar surface area (TPSA) is 330 Å². The zero-order valence-electron chi connectivity index (χ0n) is 21.8. The van der Waals surface area contributed by atoms with Crippen LogP contribution in [-0.4, -0.2) is 119 Å². The first-order chi connectivity index (χ1) is 19.5. The monoisotopic (exact) mass is 736 g/mol. The molecule has 0 aromatic carbocycles. The lowest BCUT2D eigenvalue weighted by Gasteiger charge is -2.48. The van der Waals surface area contributed by atoms with Gasteiger partial charge < -0.3 is 14.2 Å². The van der Waals surface area contributed by atoms with Crippen molar-refractivity contribution in [2.45, 2.75) is 69.8 Å². The molecular formula is C15H28O23S5. The molecule has 2 fully saturated rings. The average Bonchev–Trinajstić information content (AvgIpc) is 2.82. The number of rotatable bonds is 16. The third-order valence-corrected chi connectivity index (χ3v) is 8.18. The minimum Gasteiger partial charge on any atom is -0.367 e. The summed E-state index contributed by atoms with van der Waals surface area (Å²) >= 11 is -0.0693. The van der Waals surface area contributed by atoms with Gasteiger partial charge >= 0.3 is 41.6 Å². The van der Waals surface area contributed by atoms with Crippen LogP contribution in [0.2, 0.25) is 0 Å². The Morgan fingerprint density at radius 1 is 0.651 bits per heavy atom. The maximum absolute atomic E-state index is 11.7. The maximum atomic E-state index is 11.7.